The van der Waals surface area contributed by atoms with Gasteiger partial charge in [0.1, 0.15) is 0 Å². The minimum Gasteiger partial charge on any atom is -0.379 e. The van der Waals surface area contributed by atoms with Gasteiger partial charge in [-0.15, -0.1) is 0 Å². The van der Waals surface area contributed by atoms with E-state index in [1.165, 1.54) is 0 Å². The van der Waals surface area contributed by atoms with Gasteiger partial charge in [0, 0.05) is 25.0 Å². The summed E-state index contributed by atoms with van der Waals surface area (Å²) in [7, 11) is 0. The Hall–Kier alpha value is -1.46. The Bertz CT molecular complexity index is 397. The summed E-state index contributed by atoms with van der Waals surface area (Å²) in [4.78, 5) is 16.1. The highest BCUT2D eigenvalue weighted by Crippen LogP contribution is 2.14. The highest BCUT2D eigenvalue weighted by Gasteiger charge is 2.33. The molecule has 1 aromatic heterocycles. The van der Waals surface area contributed by atoms with Gasteiger partial charge in [-0.05, 0) is 30.7 Å². The van der Waals surface area contributed by atoms with Crippen molar-refractivity contribution >= 4 is 5.91 Å². The lowest BCUT2D eigenvalue weighted by Crippen LogP contribution is -2.44. The van der Waals surface area contributed by atoms with Crippen LogP contribution in [0.5, 0.6) is 0 Å². The largest absolute Gasteiger partial charge is 0.379 e. The summed E-state index contributed by atoms with van der Waals surface area (Å²) >= 11 is 0. The number of rotatable bonds is 6. The van der Waals surface area contributed by atoms with Crippen molar-refractivity contribution in [2.45, 2.75) is 25.9 Å². The molecule has 1 aliphatic heterocycles. The summed E-state index contributed by atoms with van der Waals surface area (Å²) in [6.07, 6.45) is 4.51. The summed E-state index contributed by atoms with van der Waals surface area (Å²) in [5.41, 5.74) is 1.06. The van der Waals surface area contributed by atoms with Crippen molar-refractivity contribution in [2.75, 3.05) is 19.8 Å². The quantitative estimate of drug-likeness (QED) is 0.793. The molecule has 5 nitrogen and oxygen atoms in total. The van der Waals surface area contributed by atoms with Crippen LogP contribution in [0.4, 0.5) is 0 Å². The van der Waals surface area contributed by atoms with Gasteiger partial charge >= 0.3 is 0 Å². The van der Waals surface area contributed by atoms with Crippen molar-refractivity contribution in [1.82, 2.24) is 15.6 Å². The summed E-state index contributed by atoms with van der Waals surface area (Å²) in [5.74, 6) is -0.0312. The maximum Gasteiger partial charge on any atom is 0.227 e. The van der Waals surface area contributed by atoms with E-state index < -0.39 is 0 Å². The zero-order valence-electron chi connectivity index (χ0n) is 11.3. The predicted molar refractivity (Wildman–Crippen MR) is 72.5 cm³/mol. The second-order valence-electron chi connectivity index (χ2n) is 4.78. The molecule has 1 aromatic rings. The average molecular weight is 263 g/mol. The van der Waals surface area contributed by atoms with Gasteiger partial charge in [0.05, 0.1) is 19.1 Å². The van der Waals surface area contributed by atoms with Crippen LogP contribution in [0.3, 0.4) is 0 Å². The molecule has 2 atom stereocenters. The molecular weight excluding hydrogens is 242 g/mol. The molecule has 1 aliphatic rings. The maximum atomic E-state index is 12.1. The molecule has 104 valence electrons. The highest BCUT2D eigenvalue weighted by atomic mass is 16.5. The fourth-order valence-electron chi connectivity index (χ4n) is 2.16. The minimum atomic E-state index is -0.0895. The maximum absolute atomic E-state index is 12.1. The van der Waals surface area contributed by atoms with E-state index in [4.69, 9.17) is 4.74 Å². The summed E-state index contributed by atoms with van der Waals surface area (Å²) in [6, 6.07) is 3.94. The molecule has 1 amide bonds. The molecule has 2 unspecified atom stereocenters. The molecule has 5 heteroatoms. The fraction of sp³-hybridized carbons (Fsp3) is 0.571. The first-order chi connectivity index (χ1) is 9.31. The van der Waals surface area contributed by atoms with Crippen molar-refractivity contribution in [3.8, 4) is 0 Å². The Balaban J connectivity index is 1.82. The summed E-state index contributed by atoms with van der Waals surface area (Å²) < 4.78 is 5.41. The smallest absolute Gasteiger partial charge is 0.227 e. The summed E-state index contributed by atoms with van der Waals surface area (Å²) in [5, 5.41) is 6.33. The van der Waals surface area contributed by atoms with Gasteiger partial charge in [0.15, 0.2) is 0 Å². The molecular formula is C14H21N3O2. The summed E-state index contributed by atoms with van der Waals surface area (Å²) in [6.45, 7) is 4.69. The predicted octanol–water partition coefficient (Wildman–Crippen LogP) is 0.712. The topological polar surface area (TPSA) is 63.2 Å². The number of hydrogen-bond donors (Lipinski definition) is 2. The molecule has 2 N–H and O–H groups in total. The van der Waals surface area contributed by atoms with Gasteiger partial charge in [0.2, 0.25) is 5.91 Å². The number of amides is 1. The van der Waals surface area contributed by atoms with E-state index in [9.17, 15) is 4.79 Å². The third-order valence-corrected chi connectivity index (χ3v) is 3.29. The number of carbonyl (C=O) groups is 1. The third kappa shape index (κ3) is 4.01. The fourth-order valence-corrected chi connectivity index (χ4v) is 2.16. The van der Waals surface area contributed by atoms with Crippen LogP contribution in [0.2, 0.25) is 0 Å². The van der Waals surface area contributed by atoms with Crippen molar-refractivity contribution < 1.29 is 9.53 Å². The number of nitrogens with one attached hydrogen (secondary N) is 2. The van der Waals surface area contributed by atoms with Crippen molar-refractivity contribution in [3.63, 3.8) is 0 Å². The van der Waals surface area contributed by atoms with Gasteiger partial charge in [0.25, 0.3) is 0 Å². The van der Waals surface area contributed by atoms with Crippen molar-refractivity contribution in [2.24, 2.45) is 5.92 Å². The third-order valence-electron chi connectivity index (χ3n) is 3.29. The Morgan fingerprint density at radius 2 is 2.21 bits per heavy atom. The second-order valence-corrected chi connectivity index (χ2v) is 4.78. The molecule has 1 saturated heterocycles. The number of nitrogens with zero attached hydrogens (tertiary/aromatic N) is 1. The van der Waals surface area contributed by atoms with Crippen LogP contribution in [0.1, 0.15) is 18.9 Å². The average Bonchev–Trinajstić information content (AvgIpc) is 2.92. The van der Waals surface area contributed by atoms with Crippen LogP contribution in [0.25, 0.3) is 0 Å². The molecule has 0 aliphatic carbocycles. The van der Waals surface area contributed by atoms with Gasteiger partial charge in [-0.1, -0.05) is 6.92 Å². The lowest BCUT2D eigenvalue weighted by atomic mass is 10.0. The number of hydrogen-bond acceptors (Lipinski definition) is 4. The first kappa shape index (κ1) is 14.0. The molecule has 0 spiro atoms. The molecule has 0 saturated carbocycles. The molecule has 0 radical (unpaired) electrons. The molecule has 1 fully saturated rings. The van der Waals surface area contributed by atoms with Crippen LogP contribution in [-0.2, 0) is 16.1 Å². The van der Waals surface area contributed by atoms with Gasteiger partial charge in [-0.3, -0.25) is 9.78 Å². The molecule has 0 bridgehead atoms. The Labute approximate surface area is 113 Å². The van der Waals surface area contributed by atoms with E-state index in [1.807, 2.05) is 12.1 Å². The minimum absolute atomic E-state index is 0.0583. The molecule has 2 heterocycles. The van der Waals surface area contributed by atoms with Crippen LogP contribution >= 0.6 is 0 Å². The van der Waals surface area contributed by atoms with E-state index in [1.54, 1.807) is 12.4 Å². The van der Waals surface area contributed by atoms with Crippen LogP contribution in [0, 0.1) is 5.92 Å². The zero-order chi connectivity index (χ0) is 13.5. The highest BCUT2D eigenvalue weighted by molar-refractivity contribution is 5.79. The van der Waals surface area contributed by atoms with Gasteiger partial charge < -0.3 is 15.4 Å². The zero-order valence-corrected chi connectivity index (χ0v) is 11.3. The first-order valence-corrected chi connectivity index (χ1v) is 6.79. The van der Waals surface area contributed by atoms with E-state index in [2.05, 4.69) is 22.5 Å². The lowest BCUT2D eigenvalue weighted by molar-refractivity contribution is -0.125. The van der Waals surface area contributed by atoms with Crippen molar-refractivity contribution in [1.29, 1.82) is 0 Å². The Morgan fingerprint density at radius 1 is 1.42 bits per heavy atom. The first-order valence-electron chi connectivity index (χ1n) is 6.79. The van der Waals surface area contributed by atoms with Crippen LogP contribution in [0.15, 0.2) is 24.5 Å². The standard InChI is InChI=1S/C14H21N3O2/c1-2-5-16-13-10-19-9-12(13)14(18)17-8-11-3-6-15-7-4-11/h3-4,6-7,12-13,16H,2,5,8-10H2,1H3,(H,17,18). The number of aromatic nitrogens is 1. The number of carbonyl (C=O) groups excluding carboxylic acids is 1. The van der Waals surface area contributed by atoms with E-state index in [0.29, 0.717) is 19.8 Å². The monoisotopic (exact) mass is 263 g/mol. The number of pyridine rings is 1. The lowest BCUT2D eigenvalue weighted by Gasteiger charge is -2.18. The van der Waals surface area contributed by atoms with E-state index in [-0.39, 0.29) is 17.9 Å². The molecule has 19 heavy (non-hydrogen) atoms. The van der Waals surface area contributed by atoms with Crippen molar-refractivity contribution in [3.05, 3.63) is 30.1 Å². The van der Waals surface area contributed by atoms with Gasteiger partial charge in [-0.2, -0.15) is 0 Å². The van der Waals surface area contributed by atoms with E-state index in [0.717, 1.165) is 18.5 Å². The molecule has 2 rings (SSSR count). The molecule has 0 aromatic carbocycles. The van der Waals surface area contributed by atoms with E-state index >= 15 is 0 Å². The number of ether oxygens (including phenoxy) is 1. The Morgan fingerprint density at radius 3 is 2.95 bits per heavy atom. The van der Waals surface area contributed by atoms with Crippen LogP contribution in [-0.4, -0.2) is 36.7 Å². The normalized spacial score (nSPS) is 22.4. The second kappa shape index (κ2) is 7.21. The van der Waals surface area contributed by atoms with Crippen LogP contribution < -0.4 is 10.6 Å². The SMILES string of the molecule is CCCNC1COCC1C(=O)NCc1ccncc1. The Kier molecular flexibility index (Phi) is 5.30. The van der Waals surface area contributed by atoms with Gasteiger partial charge in [-0.25, -0.2) is 0 Å².